The van der Waals surface area contributed by atoms with Crippen LogP contribution >= 0.6 is 11.6 Å². The molecule has 1 aromatic rings. The number of hydrogen-bond donors (Lipinski definition) is 2. The summed E-state index contributed by atoms with van der Waals surface area (Å²) in [6.07, 6.45) is 6.07. The third-order valence-corrected chi connectivity index (χ3v) is 6.79. The van der Waals surface area contributed by atoms with E-state index in [-0.39, 0.29) is 24.3 Å². The van der Waals surface area contributed by atoms with Crippen LogP contribution in [0.4, 0.5) is 0 Å². The number of fused-ring (bicyclic) bond motifs is 1. The van der Waals surface area contributed by atoms with Crippen LogP contribution in [0.15, 0.2) is 36.4 Å². The Bertz CT molecular complexity index is 1010. The zero-order valence-electron chi connectivity index (χ0n) is 19.6. The SMILES string of the molecule is CCOC1OC(=O)CC1NC(=O)[C@@H]1CCC[C@@H]2C/C=C\C[C@H](NC(=O)c3cccc(Cl)c3)C(=O)N21. The van der Waals surface area contributed by atoms with Crippen molar-refractivity contribution >= 4 is 35.3 Å². The Hall–Kier alpha value is -2.91. The first-order chi connectivity index (χ1) is 16.9. The molecule has 3 amide bonds. The number of nitrogens with one attached hydrogen (secondary N) is 2. The van der Waals surface area contributed by atoms with E-state index in [2.05, 4.69) is 10.6 Å². The first kappa shape index (κ1) is 25.2. The number of nitrogens with zero attached hydrogens (tertiary/aromatic N) is 1. The number of amides is 3. The lowest BCUT2D eigenvalue weighted by molar-refractivity contribution is -0.165. The molecule has 3 aliphatic rings. The number of halogens is 1. The Morgan fingerprint density at radius 2 is 1.97 bits per heavy atom. The largest absolute Gasteiger partial charge is 0.433 e. The second-order valence-corrected chi connectivity index (χ2v) is 9.39. The summed E-state index contributed by atoms with van der Waals surface area (Å²) in [6, 6.07) is 4.21. The molecule has 2 unspecified atom stereocenters. The molecule has 3 heterocycles. The van der Waals surface area contributed by atoms with Crippen molar-refractivity contribution in [3.8, 4) is 0 Å². The predicted molar refractivity (Wildman–Crippen MR) is 127 cm³/mol. The quantitative estimate of drug-likeness (QED) is 0.455. The van der Waals surface area contributed by atoms with Gasteiger partial charge in [0.05, 0.1) is 6.42 Å². The van der Waals surface area contributed by atoms with Crippen molar-refractivity contribution in [2.45, 2.75) is 75.9 Å². The van der Waals surface area contributed by atoms with Crippen LogP contribution in [0.5, 0.6) is 0 Å². The van der Waals surface area contributed by atoms with Gasteiger partial charge in [-0.25, -0.2) is 0 Å². The Kier molecular flexibility index (Phi) is 8.07. The van der Waals surface area contributed by atoms with Crippen LogP contribution in [-0.4, -0.2) is 65.7 Å². The van der Waals surface area contributed by atoms with Gasteiger partial charge in [-0.15, -0.1) is 0 Å². The summed E-state index contributed by atoms with van der Waals surface area (Å²) in [7, 11) is 0. The molecule has 3 aliphatic heterocycles. The van der Waals surface area contributed by atoms with Gasteiger partial charge in [0.1, 0.15) is 18.1 Å². The highest BCUT2D eigenvalue weighted by Crippen LogP contribution is 2.29. The number of piperidine rings is 1. The van der Waals surface area contributed by atoms with Gasteiger partial charge in [-0.05, 0) is 57.2 Å². The Balaban J connectivity index is 1.51. The lowest BCUT2D eigenvalue weighted by Gasteiger charge is -2.43. The second kappa shape index (κ2) is 11.2. The molecule has 0 aliphatic carbocycles. The molecule has 0 saturated carbocycles. The maximum Gasteiger partial charge on any atom is 0.310 e. The maximum absolute atomic E-state index is 13.7. The minimum atomic E-state index is -0.841. The predicted octanol–water partition coefficient (Wildman–Crippen LogP) is 2.33. The minimum Gasteiger partial charge on any atom is -0.433 e. The van der Waals surface area contributed by atoms with Crippen molar-refractivity contribution in [1.29, 1.82) is 0 Å². The molecule has 5 atom stereocenters. The first-order valence-corrected chi connectivity index (χ1v) is 12.4. The van der Waals surface area contributed by atoms with E-state index in [1.807, 2.05) is 12.2 Å². The van der Waals surface area contributed by atoms with Gasteiger partial charge in [-0.3, -0.25) is 19.2 Å². The molecule has 2 fully saturated rings. The number of rotatable bonds is 6. The number of carbonyl (C=O) groups excluding carboxylic acids is 4. The molecule has 10 heteroatoms. The third kappa shape index (κ3) is 5.85. The van der Waals surface area contributed by atoms with Gasteiger partial charge in [0, 0.05) is 23.2 Å². The van der Waals surface area contributed by atoms with Gasteiger partial charge in [-0.2, -0.15) is 0 Å². The van der Waals surface area contributed by atoms with Crippen molar-refractivity contribution in [2.75, 3.05) is 6.61 Å². The van der Waals surface area contributed by atoms with Crippen molar-refractivity contribution in [3.05, 3.63) is 47.0 Å². The monoisotopic (exact) mass is 503 g/mol. The highest BCUT2D eigenvalue weighted by atomic mass is 35.5. The summed E-state index contributed by atoms with van der Waals surface area (Å²) in [5.74, 6) is -1.49. The second-order valence-electron chi connectivity index (χ2n) is 8.96. The van der Waals surface area contributed by atoms with Crippen molar-refractivity contribution < 1.29 is 28.7 Å². The number of cyclic esters (lactones) is 1. The van der Waals surface area contributed by atoms with Crippen LogP contribution in [0, 0.1) is 0 Å². The summed E-state index contributed by atoms with van der Waals surface area (Å²) in [5, 5.41) is 6.11. The molecular formula is C25H30ClN3O6. The van der Waals surface area contributed by atoms with Crippen molar-refractivity contribution in [2.24, 2.45) is 0 Å². The van der Waals surface area contributed by atoms with Crippen molar-refractivity contribution in [1.82, 2.24) is 15.5 Å². The lowest BCUT2D eigenvalue weighted by Crippen LogP contribution is -2.62. The van der Waals surface area contributed by atoms with Crippen molar-refractivity contribution in [3.63, 3.8) is 0 Å². The molecule has 188 valence electrons. The molecule has 4 rings (SSSR count). The Morgan fingerprint density at radius 3 is 2.74 bits per heavy atom. The van der Waals surface area contributed by atoms with E-state index in [0.717, 1.165) is 12.8 Å². The Morgan fingerprint density at radius 1 is 1.17 bits per heavy atom. The fourth-order valence-corrected chi connectivity index (χ4v) is 5.10. The number of hydrogen-bond acceptors (Lipinski definition) is 6. The fraction of sp³-hybridized carbons (Fsp3) is 0.520. The van der Waals surface area contributed by atoms with Gasteiger partial charge >= 0.3 is 5.97 Å². The molecule has 0 spiro atoms. The standard InChI is InChI=1S/C25H30ClN3O6/c1-2-34-25-19(14-21(30)35-25)28-23(32)20-12-6-10-17-9-3-4-11-18(24(33)29(17)20)27-22(31)15-7-5-8-16(26)13-15/h3-5,7-8,13,17-20,25H,2,6,9-12,14H2,1H3,(H,27,31)(H,28,32)/b4-3-/t17-,18-,19?,20-,25?/m0/s1. The highest BCUT2D eigenvalue weighted by Gasteiger charge is 2.43. The average Bonchev–Trinajstić information content (AvgIpc) is 3.17. The molecule has 0 radical (unpaired) electrons. The van der Waals surface area contributed by atoms with Crippen LogP contribution in [0.3, 0.4) is 0 Å². The van der Waals surface area contributed by atoms with E-state index in [1.165, 1.54) is 0 Å². The summed E-state index contributed by atoms with van der Waals surface area (Å²) >= 11 is 6.01. The van der Waals surface area contributed by atoms with Gasteiger partial charge in [0.25, 0.3) is 5.91 Å². The van der Waals surface area contributed by atoms with Crippen LogP contribution in [0.2, 0.25) is 5.02 Å². The minimum absolute atomic E-state index is 0.0154. The van der Waals surface area contributed by atoms with Crippen LogP contribution in [0.1, 0.15) is 55.8 Å². The summed E-state index contributed by atoms with van der Waals surface area (Å²) in [6.45, 7) is 2.11. The molecule has 1 aromatic carbocycles. The van der Waals surface area contributed by atoms with Crippen LogP contribution in [0.25, 0.3) is 0 Å². The van der Waals surface area contributed by atoms with E-state index >= 15 is 0 Å². The molecule has 9 nitrogen and oxygen atoms in total. The highest BCUT2D eigenvalue weighted by molar-refractivity contribution is 6.31. The molecule has 0 bridgehead atoms. The topological polar surface area (TPSA) is 114 Å². The van der Waals surface area contributed by atoms with Gasteiger partial charge in [0.15, 0.2) is 0 Å². The fourth-order valence-electron chi connectivity index (χ4n) is 4.91. The number of esters is 1. The number of carbonyl (C=O) groups is 4. The van der Waals surface area contributed by atoms with E-state index in [1.54, 1.807) is 36.1 Å². The van der Waals surface area contributed by atoms with Gasteiger partial charge < -0.3 is 25.0 Å². The molecule has 35 heavy (non-hydrogen) atoms. The normalized spacial score (nSPS) is 29.4. The maximum atomic E-state index is 13.7. The van der Waals surface area contributed by atoms with Gasteiger partial charge in [-0.1, -0.05) is 29.8 Å². The summed E-state index contributed by atoms with van der Waals surface area (Å²) < 4.78 is 10.6. The average molecular weight is 504 g/mol. The van der Waals surface area contributed by atoms with Crippen LogP contribution in [-0.2, 0) is 23.9 Å². The number of benzene rings is 1. The molecular weight excluding hydrogens is 474 g/mol. The van der Waals surface area contributed by atoms with E-state index in [9.17, 15) is 19.2 Å². The summed E-state index contributed by atoms with van der Waals surface area (Å²) in [5.41, 5.74) is 0.355. The molecule has 0 aromatic heterocycles. The molecule has 2 saturated heterocycles. The molecule has 2 N–H and O–H groups in total. The first-order valence-electron chi connectivity index (χ1n) is 12.0. The smallest absolute Gasteiger partial charge is 0.310 e. The van der Waals surface area contributed by atoms with E-state index in [0.29, 0.717) is 36.5 Å². The van der Waals surface area contributed by atoms with E-state index < -0.39 is 36.3 Å². The Labute approximate surface area is 209 Å². The zero-order valence-corrected chi connectivity index (χ0v) is 20.3. The number of ether oxygens (including phenoxy) is 2. The lowest BCUT2D eigenvalue weighted by atomic mass is 9.90. The zero-order chi connectivity index (χ0) is 24.9. The third-order valence-electron chi connectivity index (χ3n) is 6.56. The van der Waals surface area contributed by atoms with Gasteiger partial charge in [0.2, 0.25) is 18.1 Å². The van der Waals surface area contributed by atoms with E-state index in [4.69, 9.17) is 21.1 Å². The summed E-state index contributed by atoms with van der Waals surface area (Å²) in [4.78, 5) is 53.3. The van der Waals surface area contributed by atoms with Crippen LogP contribution < -0.4 is 10.6 Å².